The van der Waals surface area contributed by atoms with Crippen molar-refractivity contribution in [2.45, 2.75) is 0 Å². The maximum atomic E-state index is 9.98. The highest BCUT2D eigenvalue weighted by molar-refractivity contribution is 5.74. The number of nitrogens with two attached hydrogens (primary N) is 4. The largest absolute Gasteiger partial charge is 0.506 e. The SMILES string of the molecule is Nc1ccc(Oc2ccc(Oc3ccc(N)c(Oc4cc(-c5ccc(N)c(O)c5)ccc4N)c3)cc2)cc1O. The van der Waals surface area contributed by atoms with E-state index in [4.69, 9.17) is 37.1 Å². The Labute approximate surface area is 224 Å². The molecule has 196 valence electrons. The Kier molecular flexibility index (Phi) is 6.63. The number of phenols is 2. The van der Waals surface area contributed by atoms with E-state index in [1.165, 1.54) is 6.07 Å². The third kappa shape index (κ3) is 5.67. The van der Waals surface area contributed by atoms with Crippen LogP contribution < -0.4 is 37.1 Å². The smallest absolute Gasteiger partial charge is 0.154 e. The fraction of sp³-hybridized carbons (Fsp3) is 0. The minimum Gasteiger partial charge on any atom is -0.506 e. The lowest BCUT2D eigenvalue weighted by atomic mass is 10.0. The maximum absolute atomic E-state index is 9.98. The average molecular weight is 523 g/mol. The molecule has 0 aliphatic rings. The first-order chi connectivity index (χ1) is 18.7. The highest BCUT2D eigenvalue weighted by Crippen LogP contribution is 2.38. The molecule has 0 spiro atoms. The van der Waals surface area contributed by atoms with E-state index in [1.54, 1.807) is 84.9 Å². The summed E-state index contributed by atoms with van der Waals surface area (Å²) in [6, 6.07) is 27.0. The lowest BCUT2D eigenvalue weighted by Crippen LogP contribution is -1.97. The molecule has 0 aliphatic heterocycles. The standard InChI is InChI=1S/C30H26N4O5/c31-23-9-1-17(13-27(23)35)18-2-10-25(33)29(14-18)39-30-16-22(8-12-26(30)34)38-20-5-3-19(4-6-20)37-21-7-11-24(32)28(36)15-21/h1-16,35-36H,31-34H2. The summed E-state index contributed by atoms with van der Waals surface area (Å²) in [6.45, 7) is 0. The minimum atomic E-state index is -0.0492. The minimum absolute atomic E-state index is 0.00923. The van der Waals surface area contributed by atoms with E-state index in [0.717, 1.165) is 11.1 Å². The summed E-state index contributed by atoms with van der Waals surface area (Å²) in [4.78, 5) is 0. The van der Waals surface area contributed by atoms with Gasteiger partial charge in [-0.05, 0) is 83.9 Å². The van der Waals surface area contributed by atoms with E-state index < -0.39 is 0 Å². The maximum Gasteiger partial charge on any atom is 0.154 e. The highest BCUT2D eigenvalue weighted by atomic mass is 16.5. The normalized spacial score (nSPS) is 10.7. The zero-order valence-electron chi connectivity index (χ0n) is 20.7. The Morgan fingerprint density at radius 3 is 1.36 bits per heavy atom. The molecule has 5 rings (SSSR count). The topological polar surface area (TPSA) is 172 Å². The summed E-state index contributed by atoms with van der Waals surface area (Å²) in [5.41, 5.74) is 26.6. The lowest BCUT2D eigenvalue weighted by molar-refractivity contribution is 0.452. The molecule has 0 saturated carbocycles. The number of ether oxygens (including phenoxy) is 3. The molecular weight excluding hydrogens is 496 g/mol. The van der Waals surface area contributed by atoms with Crippen molar-refractivity contribution < 1.29 is 24.4 Å². The van der Waals surface area contributed by atoms with Crippen LogP contribution in [-0.2, 0) is 0 Å². The molecule has 9 heteroatoms. The molecule has 5 aromatic rings. The Morgan fingerprint density at radius 1 is 0.385 bits per heavy atom. The van der Waals surface area contributed by atoms with Crippen LogP contribution in [0.2, 0.25) is 0 Å². The fourth-order valence-corrected chi connectivity index (χ4v) is 3.75. The van der Waals surface area contributed by atoms with Crippen LogP contribution in [0, 0.1) is 0 Å². The number of anilines is 4. The molecule has 0 fully saturated rings. The van der Waals surface area contributed by atoms with Gasteiger partial charge in [0, 0.05) is 12.1 Å². The molecule has 0 aromatic heterocycles. The number of phenolic OH excluding ortho intramolecular Hbond substituents is 2. The van der Waals surface area contributed by atoms with E-state index in [0.29, 0.717) is 51.6 Å². The van der Waals surface area contributed by atoms with E-state index in [9.17, 15) is 10.2 Å². The van der Waals surface area contributed by atoms with Crippen LogP contribution in [0.5, 0.6) is 46.0 Å². The summed E-state index contributed by atoms with van der Waals surface area (Å²) in [7, 11) is 0. The van der Waals surface area contributed by atoms with Crippen molar-refractivity contribution in [3.8, 4) is 57.1 Å². The molecule has 10 N–H and O–H groups in total. The van der Waals surface area contributed by atoms with E-state index in [1.807, 2.05) is 6.07 Å². The Hall–Kier alpha value is -5.70. The molecule has 0 unspecified atom stereocenters. The van der Waals surface area contributed by atoms with Crippen molar-refractivity contribution in [3.63, 3.8) is 0 Å². The zero-order chi connectivity index (χ0) is 27.5. The van der Waals surface area contributed by atoms with Crippen LogP contribution in [-0.4, -0.2) is 10.2 Å². The number of hydrogen-bond acceptors (Lipinski definition) is 9. The van der Waals surface area contributed by atoms with E-state index in [-0.39, 0.29) is 17.2 Å². The second kappa shape index (κ2) is 10.3. The van der Waals surface area contributed by atoms with Gasteiger partial charge in [-0.15, -0.1) is 0 Å². The second-order valence-electron chi connectivity index (χ2n) is 8.72. The monoisotopic (exact) mass is 522 g/mol. The Bertz CT molecular complexity index is 1650. The summed E-state index contributed by atoms with van der Waals surface area (Å²) >= 11 is 0. The quantitative estimate of drug-likeness (QED) is 0.103. The van der Waals surface area contributed by atoms with Crippen molar-refractivity contribution in [2.75, 3.05) is 22.9 Å². The van der Waals surface area contributed by atoms with Gasteiger partial charge in [0.1, 0.15) is 34.5 Å². The van der Waals surface area contributed by atoms with Gasteiger partial charge in [0.2, 0.25) is 0 Å². The third-order valence-electron chi connectivity index (χ3n) is 5.88. The number of aromatic hydroxyl groups is 2. The van der Waals surface area contributed by atoms with Gasteiger partial charge in [-0.1, -0.05) is 12.1 Å². The number of hydrogen-bond donors (Lipinski definition) is 6. The number of nitrogen functional groups attached to an aromatic ring is 4. The van der Waals surface area contributed by atoms with Gasteiger partial charge >= 0.3 is 0 Å². The molecule has 5 aromatic carbocycles. The fourth-order valence-electron chi connectivity index (χ4n) is 3.75. The van der Waals surface area contributed by atoms with Crippen molar-refractivity contribution in [1.82, 2.24) is 0 Å². The van der Waals surface area contributed by atoms with Gasteiger partial charge in [0.15, 0.2) is 11.5 Å². The summed E-state index contributed by atoms with van der Waals surface area (Å²) in [5.74, 6) is 2.75. The molecule has 0 bridgehead atoms. The Morgan fingerprint density at radius 2 is 0.795 bits per heavy atom. The van der Waals surface area contributed by atoms with Gasteiger partial charge in [0.05, 0.1) is 22.7 Å². The molecular formula is C30H26N4O5. The lowest BCUT2D eigenvalue weighted by Gasteiger charge is -2.14. The molecule has 0 heterocycles. The van der Waals surface area contributed by atoms with Gasteiger partial charge in [0.25, 0.3) is 0 Å². The third-order valence-corrected chi connectivity index (χ3v) is 5.88. The molecule has 9 nitrogen and oxygen atoms in total. The highest BCUT2D eigenvalue weighted by Gasteiger charge is 2.11. The summed E-state index contributed by atoms with van der Waals surface area (Å²) in [6.07, 6.45) is 0. The van der Waals surface area contributed by atoms with Crippen molar-refractivity contribution in [1.29, 1.82) is 0 Å². The number of rotatable bonds is 7. The van der Waals surface area contributed by atoms with Gasteiger partial charge < -0.3 is 47.4 Å². The predicted molar refractivity (Wildman–Crippen MR) is 152 cm³/mol. The first kappa shape index (κ1) is 25.0. The molecule has 0 radical (unpaired) electrons. The molecule has 0 atom stereocenters. The van der Waals surface area contributed by atoms with Gasteiger partial charge in [-0.25, -0.2) is 0 Å². The van der Waals surface area contributed by atoms with Crippen LogP contribution in [0.1, 0.15) is 0 Å². The summed E-state index contributed by atoms with van der Waals surface area (Å²) in [5, 5.41) is 19.7. The van der Waals surface area contributed by atoms with Crippen LogP contribution in [0.4, 0.5) is 22.7 Å². The van der Waals surface area contributed by atoms with E-state index >= 15 is 0 Å². The van der Waals surface area contributed by atoms with Crippen molar-refractivity contribution in [2.24, 2.45) is 0 Å². The average Bonchev–Trinajstić information content (AvgIpc) is 2.92. The number of benzene rings is 5. The van der Waals surface area contributed by atoms with Crippen LogP contribution in [0.25, 0.3) is 11.1 Å². The van der Waals surface area contributed by atoms with Crippen LogP contribution in [0.3, 0.4) is 0 Å². The van der Waals surface area contributed by atoms with Crippen molar-refractivity contribution >= 4 is 22.7 Å². The molecule has 39 heavy (non-hydrogen) atoms. The molecule has 0 saturated heterocycles. The predicted octanol–water partition coefficient (Wildman–Crippen LogP) is 6.47. The van der Waals surface area contributed by atoms with E-state index in [2.05, 4.69) is 0 Å². The first-order valence-electron chi connectivity index (χ1n) is 11.9. The zero-order valence-corrected chi connectivity index (χ0v) is 20.7. The molecule has 0 aliphatic carbocycles. The van der Waals surface area contributed by atoms with Gasteiger partial charge in [-0.2, -0.15) is 0 Å². The van der Waals surface area contributed by atoms with Gasteiger partial charge in [-0.3, -0.25) is 0 Å². The van der Waals surface area contributed by atoms with Crippen molar-refractivity contribution in [3.05, 3.63) is 97.1 Å². The first-order valence-corrected chi connectivity index (χ1v) is 11.9. The van der Waals surface area contributed by atoms with Crippen LogP contribution in [0.15, 0.2) is 97.1 Å². The molecule has 0 amide bonds. The Balaban J connectivity index is 1.32. The van der Waals surface area contributed by atoms with Crippen LogP contribution >= 0.6 is 0 Å². The summed E-state index contributed by atoms with van der Waals surface area (Å²) < 4.78 is 17.8. The second-order valence-corrected chi connectivity index (χ2v) is 8.72.